The van der Waals surface area contributed by atoms with E-state index in [1.54, 1.807) is 31.2 Å². The highest BCUT2D eigenvalue weighted by molar-refractivity contribution is 5.94. The molecule has 0 saturated heterocycles. The van der Waals surface area contributed by atoms with Crippen LogP contribution in [0.15, 0.2) is 30.3 Å². The third kappa shape index (κ3) is 2.86. The first-order valence-electron chi connectivity index (χ1n) is 6.28. The van der Waals surface area contributed by atoms with Crippen LogP contribution in [0.3, 0.4) is 0 Å². The second-order valence-corrected chi connectivity index (χ2v) is 4.10. The van der Waals surface area contributed by atoms with E-state index >= 15 is 0 Å². The van der Waals surface area contributed by atoms with E-state index in [9.17, 15) is 9.59 Å². The molecule has 0 aliphatic rings. The van der Waals surface area contributed by atoms with Gasteiger partial charge in [-0.3, -0.25) is 0 Å². The summed E-state index contributed by atoms with van der Waals surface area (Å²) < 4.78 is 10.9. The third-order valence-corrected chi connectivity index (χ3v) is 2.76. The number of rotatable bonds is 4. The van der Waals surface area contributed by atoms with Gasteiger partial charge in [-0.2, -0.15) is 5.10 Å². The fourth-order valence-corrected chi connectivity index (χ4v) is 1.83. The molecule has 0 aliphatic heterocycles. The van der Waals surface area contributed by atoms with Gasteiger partial charge in [-0.15, -0.1) is 0 Å². The zero-order chi connectivity index (χ0) is 15.4. The summed E-state index contributed by atoms with van der Waals surface area (Å²) in [5.74, 6) is -0.869. The number of aromatic nitrogens is 2. The lowest BCUT2D eigenvalue weighted by Crippen LogP contribution is -2.11. The van der Waals surface area contributed by atoms with Gasteiger partial charge in [0.2, 0.25) is 0 Å². The summed E-state index contributed by atoms with van der Waals surface area (Å²) in [6, 6.07) is 8.07. The molecule has 0 radical (unpaired) electrons. The Morgan fingerprint density at radius 3 is 2.67 bits per heavy atom. The zero-order valence-electron chi connectivity index (χ0n) is 11.7. The summed E-state index contributed by atoms with van der Waals surface area (Å²) in [6.45, 7) is 1.94. The summed E-state index contributed by atoms with van der Waals surface area (Å²) in [6.07, 6.45) is 0. The Morgan fingerprint density at radius 2 is 2.00 bits per heavy atom. The molecule has 0 spiro atoms. The molecule has 0 fully saturated rings. The molecule has 2 rings (SSSR count). The van der Waals surface area contributed by atoms with Crippen LogP contribution in [0.2, 0.25) is 0 Å². The average Bonchev–Trinajstić information content (AvgIpc) is 2.88. The smallest absolute Gasteiger partial charge is 0.358 e. The number of anilines is 1. The van der Waals surface area contributed by atoms with Crippen LogP contribution >= 0.6 is 0 Å². The highest BCUT2D eigenvalue weighted by Gasteiger charge is 2.19. The van der Waals surface area contributed by atoms with Crippen LogP contribution in [-0.2, 0) is 9.47 Å². The Morgan fingerprint density at radius 1 is 1.29 bits per heavy atom. The number of benzene rings is 1. The van der Waals surface area contributed by atoms with Crippen molar-refractivity contribution in [1.29, 1.82) is 0 Å². The number of esters is 2. The van der Waals surface area contributed by atoms with Crippen molar-refractivity contribution in [2.45, 2.75) is 6.92 Å². The van der Waals surface area contributed by atoms with E-state index in [1.807, 2.05) is 0 Å². The monoisotopic (exact) mass is 289 g/mol. The third-order valence-electron chi connectivity index (χ3n) is 2.76. The van der Waals surface area contributed by atoms with Gasteiger partial charge in [0.05, 0.1) is 25.0 Å². The van der Waals surface area contributed by atoms with E-state index in [0.717, 1.165) is 0 Å². The van der Waals surface area contributed by atoms with Crippen molar-refractivity contribution < 1.29 is 19.1 Å². The normalized spacial score (nSPS) is 10.2. The first-order valence-corrected chi connectivity index (χ1v) is 6.28. The quantitative estimate of drug-likeness (QED) is 0.855. The zero-order valence-corrected chi connectivity index (χ0v) is 11.7. The topological polar surface area (TPSA) is 96.4 Å². The van der Waals surface area contributed by atoms with Crippen LogP contribution in [0.25, 0.3) is 5.69 Å². The van der Waals surface area contributed by atoms with Crippen molar-refractivity contribution >= 4 is 17.8 Å². The van der Waals surface area contributed by atoms with E-state index in [0.29, 0.717) is 11.3 Å². The van der Waals surface area contributed by atoms with E-state index in [1.165, 1.54) is 17.9 Å². The number of nitrogens with two attached hydrogens (primary N) is 1. The molecule has 0 atom stereocenters. The van der Waals surface area contributed by atoms with Crippen molar-refractivity contribution in [2.24, 2.45) is 0 Å². The maximum atomic E-state index is 11.8. The Balaban J connectivity index is 2.48. The van der Waals surface area contributed by atoms with Crippen LogP contribution < -0.4 is 5.73 Å². The van der Waals surface area contributed by atoms with Crippen LogP contribution in [-0.4, -0.2) is 35.4 Å². The predicted molar refractivity (Wildman–Crippen MR) is 75.3 cm³/mol. The number of nitrogens with zero attached hydrogens (tertiary/aromatic N) is 2. The van der Waals surface area contributed by atoms with Crippen molar-refractivity contribution in [1.82, 2.24) is 9.78 Å². The van der Waals surface area contributed by atoms with E-state index in [-0.39, 0.29) is 18.1 Å². The van der Waals surface area contributed by atoms with Gasteiger partial charge >= 0.3 is 11.9 Å². The number of hydrogen-bond acceptors (Lipinski definition) is 6. The lowest BCUT2D eigenvalue weighted by atomic mass is 10.2. The first kappa shape index (κ1) is 14.6. The van der Waals surface area contributed by atoms with Gasteiger partial charge in [-0.25, -0.2) is 14.3 Å². The van der Waals surface area contributed by atoms with Gasteiger partial charge in [0.1, 0.15) is 5.82 Å². The van der Waals surface area contributed by atoms with Crippen molar-refractivity contribution in [2.75, 3.05) is 19.5 Å². The molecule has 0 amide bonds. The average molecular weight is 289 g/mol. The molecule has 2 N–H and O–H groups in total. The van der Waals surface area contributed by atoms with Gasteiger partial charge in [0, 0.05) is 6.07 Å². The molecular formula is C14H15N3O4. The Labute approximate surface area is 121 Å². The van der Waals surface area contributed by atoms with E-state index in [2.05, 4.69) is 5.10 Å². The van der Waals surface area contributed by atoms with Crippen LogP contribution in [0.1, 0.15) is 27.8 Å². The minimum atomic E-state index is -0.571. The summed E-state index contributed by atoms with van der Waals surface area (Å²) >= 11 is 0. The van der Waals surface area contributed by atoms with Crippen molar-refractivity contribution in [3.8, 4) is 5.69 Å². The SMILES string of the molecule is CCOC(=O)c1cc(N)n(-c2ccccc2C(=O)OC)n1. The molecule has 0 aliphatic carbocycles. The molecule has 7 nitrogen and oxygen atoms in total. The van der Waals surface area contributed by atoms with Crippen LogP contribution in [0, 0.1) is 0 Å². The van der Waals surface area contributed by atoms with Gasteiger partial charge in [0.25, 0.3) is 0 Å². The van der Waals surface area contributed by atoms with Crippen LogP contribution in [0.5, 0.6) is 0 Å². The highest BCUT2D eigenvalue weighted by atomic mass is 16.5. The molecule has 1 heterocycles. The molecular weight excluding hydrogens is 274 g/mol. The lowest BCUT2D eigenvalue weighted by Gasteiger charge is -2.08. The second-order valence-electron chi connectivity index (χ2n) is 4.10. The van der Waals surface area contributed by atoms with Crippen molar-refractivity contribution in [3.05, 3.63) is 41.6 Å². The summed E-state index contributed by atoms with van der Waals surface area (Å²) in [5.41, 5.74) is 6.66. The van der Waals surface area contributed by atoms with Crippen molar-refractivity contribution in [3.63, 3.8) is 0 Å². The Hall–Kier alpha value is -2.83. The van der Waals surface area contributed by atoms with Gasteiger partial charge in [-0.05, 0) is 19.1 Å². The standard InChI is InChI=1S/C14H15N3O4/c1-3-21-14(19)10-8-12(15)17(16-10)11-7-5-4-6-9(11)13(18)20-2/h4-8H,3,15H2,1-2H3. The Kier molecular flexibility index (Phi) is 4.22. The minimum absolute atomic E-state index is 0.0778. The number of ether oxygens (including phenoxy) is 2. The molecule has 0 saturated carbocycles. The molecule has 1 aromatic heterocycles. The molecule has 7 heteroatoms. The predicted octanol–water partition coefficient (Wildman–Crippen LogP) is 1.42. The Bertz CT molecular complexity index is 679. The molecule has 0 unspecified atom stereocenters. The molecule has 1 aromatic carbocycles. The summed E-state index contributed by atoms with van der Waals surface area (Å²) in [7, 11) is 1.29. The fraction of sp³-hybridized carbons (Fsp3) is 0.214. The maximum Gasteiger partial charge on any atom is 0.358 e. The molecule has 2 aromatic rings. The maximum absolute atomic E-state index is 11.8. The number of hydrogen-bond donors (Lipinski definition) is 1. The van der Waals surface area contributed by atoms with Gasteiger partial charge in [-0.1, -0.05) is 12.1 Å². The molecule has 110 valence electrons. The fourth-order valence-electron chi connectivity index (χ4n) is 1.83. The summed E-state index contributed by atoms with van der Waals surface area (Å²) in [5, 5.41) is 4.09. The number of methoxy groups -OCH3 is 1. The molecule has 21 heavy (non-hydrogen) atoms. The number of carbonyl (C=O) groups is 2. The number of nitrogen functional groups attached to an aromatic ring is 1. The highest BCUT2D eigenvalue weighted by Crippen LogP contribution is 2.19. The number of carbonyl (C=O) groups excluding carboxylic acids is 2. The van der Waals surface area contributed by atoms with Gasteiger partial charge in [0.15, 0.2) is 5.69 Å². The largest absolute Gasteiger partial charge is 0.465 e. The van der Waals surface area contributed by atoms with Gasteiger partial charge < -0.3 is 15.2 Å². The van der Waals surface area contributed by atoms with E-state index < -0.39 is 11.9 Å². The van der Waals surface area contributed by atoms with E-state index in [4.69, 9.17) is 15.2 Å². The summed E-state index contributed by atoms with van der Waals surface area (Å²) in [4.78, 5) is 23.4. The lowest BCUT2D eigenvalue weighted by molar-refractivity contribution is 0.0518. The first-order chi connectivity index (χ1) is 10.1. The second kappa shape index (κ2) is 6.08. The van der Waals surface area contributed by atoms with Crippen LogP contribution in [0.4, 0.5) is 5.82 Å². The minimum Gasteiger partial charge on any atom is -0.465 e. The number of para-hydroxylation sites is 1. The molecule has 0 bridgehead atoms.